The van der Waals surface area contributed by atoms with Gasteiger partial charge in [0.2, 0.25) is 9.84 Å². The fourth-order valence-corrected chi connectivity index (χ4v) is 2.65. The van der Waals surface area contributed by atoms with Gasteiger partial charge in [0.05, 0.1) is 9.79 Å². The van der Waals surface area contributed by atoms with Crippen molar-refractivity contribution in [2.24, 2.45) is 0 Å². The zero-order valence-electron chi connectivity index (χ0n) is 12.7. The van der Waals surface area contributed by atoms with Crippen LogP contribution in [0.5, 0.6) is 11.5 Å². The maximum Gasteiger partial charge on any atom is 1.00 e. The Balaban J connectivity index is -0.000000810. The van der Waals surface area contributed by atoms with Gasteiger partial charge in [-0.15, -0.1) is 0 Å². The molecule has 0 spiro atoms. The van der Waals surface area contributed by atoms with Gasteiger partial charge >= 0.3 is 59.1 Å². The molecule has 0 aliphatic heterocycles. The van der Waals surface area contributed by atoms with Gasteiger partial charge in [-0.3, -0.25) is 0 Å². The smallest absolute Gasteiger partial charge is 1.00 e. The van der Waals surface area contributed by atoms with Crippen molar-refractivity contribution >= 4 is 9.84 Å². The monoisotopic (exact) mass is 298 g/mol. The number of phenolic OH excluding ortho intramolecular Hbond substituents is 2. The Morgan fingerprint density at radius 3 is 1.21 bits per heavy atom. The van der Waals surface area contributed by atoms with Crippen LogP contribution < -0.4 is 59.1 Å². The zero-order chi connectivity index (χ0) is 12.5. The maximum atomic E-state index is 12.1. The summed E-state index contributed by atoms with van der Waals surface area (Å²) in [6.07, 6.45) is 0. The molecule has 0 aliphatic rings. The van der Waals surface area contributed by atoms with Crippen LogP contribution in [0, 0.1) is 0 Å². The van der Waals surface area contributed by atoms with Crippen LogP contribution in [0.1, 0.15) is 2.85 Å². The molecule has 2 aromatic carbocycles. The molecule has 19 heavy (non-hydrogen) atoms. The van der Waals surface area contributed by atoms with Gasteiger partial charge < -0.3 is 13.1 Å². The minimum absolute atomic E-state index is 0. The number of phenols is 2. The molecule has 0 heterocycles. The second-order valence-electron chi connectivity index (χ2n) is 3.49. The van der Waals surface area contributed by atoms with Crippen LogP contribution >= 0.6 is 0 Å². The summed E-state index contributed by atoms with van der Waals surface area (Å²) in [5.74, 6) is 0.0179. The third-order valence-electron chi connectivity index (χ3n) is 2.29. The van der Waals surface area contributed by atoms with E-state index < -0.39 is 9.84 Å². The summed E-state index contributed by atoms with van der Waals surface area (Å²) in [6, 6.07) is 10.6. The fraction of sp³-hybridized carbons (Fsp3) is 0. The summed E-state index contributed by atoms with van der Waals surface area (Å²) in [4.78, 5) is 0.196. The van der Waals surface area contributed by atoms with Gasteiger partial charge in [0.15, 0.2) is 0 Å². The molecule has 0 saturated heterocycles. The predicted octanol–water partition coefficient (Wildman–Crippen LogP) is -3.84. The maximum absolute atomic E-state index is 12.1. The van der Waals surface area contributed by atoms with Crippen LogP contribution in [0.4, 0.5) is 0 Å². The molecular weight excluding hydrogens is 286 g/mol. The molecular formula is C12H12Na2O4S. The number of sulfone groups is 1. The Labute approximate surface area is 158 Å². The van der Waals surface area contributed by atoms with Gasteiger partial charge in [0.25, 0.3) is 0 Å². The van der Waals surface area contributed by atoms with Crippen molar-refractivity contribution in [1.82, 2.24) is 0 Å². The topological polar surface area (TPSA) is 74.6 Å². The molecule has 92 valence electrons. The van der Waals surface area contributed by atoms with E-state index in [9.17, 15) is 8.42 Å². The first kappa shape index (κ1) is 19.0. The van der Waals surface area contributed by atoms with Crippen LogP contribution in [-0.2, 0) is 9.84 Å². The van der Waals surface area contributed by atoms with Gasteiger partial charge in [-0.1, -0.05) is 0 Å². The Kier molecular flexibility index (Phi) is 7.68. The summed E-state index contributed by atoms with van der Waals surface area (Å²) in [5.41, 5.74) is 0. The van der Waals surface area contributed by atoms with E-state index in [4.69, 9.17) is 10.2 Å². The number of benzene rings is 2. The first-order valence-electron chi connectivity index (χ1n) is 4.83. The summed E-state index contributed by atoms with van der Waals surface area (Å²) >= 11 is 0. The molecule has 7 heteroatoms. The van der Waals surface area contributed by atoms with Crippen LogP contribution in [0.3, 0.4) is 0 Å². The van der Waals surface area contributed by atoms with E-state index in [0.717, 1.165) is 0 Å². The SMILES string of the molecule is O=S(=O)(c1ccc(O)cc1)c1ccc(O)cc1.[H-].[H-].[Na+].[Na+]. The van der Waals surface area contributed by atoms with Crippen molar-refractivity contribution in [3.05, 3.63) is 48.5 Å². The molecule has 2 aromatic rings. The van der Waals surface area contributed by atoms with Crippen LogP contribution in [0.25, 0.3) is 0 Å². The minimum atomic E-state index is -3.59. The van der Waals surface area contributed by atoms with Gasteiger partial charge in [-0.25, -0.2) is 8.42 Å². The second-order valence-corrected chi connectivity index (χ2v) is 5.44. The summed E-state index contributed by atoms with van der Waals surface area (Å²) < 4.78 is 24.2. The normalized spacial score (nSPS) is 10.1. The summed E-state index contributed by atoms with van der Waals surface area (Å²) in [7, 11) is -3.59. The first-order valence-corrected chi connectivity index (χ1v) is 6.31. The van der Waals surface area contributed by atoms with Gasteiger partial charge in [0.1, 0.15) is 11.5 Å². The predicted molar refractivity (Wildman–Crippen MR) is 63.9 cm³/mol. The fourth-order valence-electron chi connectivity index (χ4n) is 1.39. The van der Waals surface area contributed by atoms with Gasteiger partial charge in [-0.05, 0) is 48.5 Å². The quantitative estimate of drug-likeness (QED) is 0.557. The summed E-state index contributed by atoms with van der Waals surface area (Å²) in [6.45, 7) is 0. The standard InChI is InChI=1S/C12H10O4S.2Na.2H/c13-9-1-5-11(6-2-9)17(15,16)12-7-3-10(14)4-8-12;;;;/h1-8,13-14H;;;;/q;2*+1;2*-1. The van der Waals surface area contributed by atoms with Crippen LogP contribution in [-0.4, -0.2) is 18.6 Å². The largest absolute Gasteiger partial charge is 1.00 e. The molecule has 2 N–H and O–H groups in total. The first-order chi connectivity index (χ1) is 8.00. The molecule has 0 bridgehead atoms. The van der Waals surface area contributed by atoms with E-state index in [1.165, 1.54) is 48.5 Å². The molecule has 0 aliphatic carbocycles. The van der Waals surface area contributed by atoms with Crippen LogP contribution in [0.15, 0.2) is 58.3 Å². The molecule has 0 aromatic heterocycles. The van der Waals surface area contributed by atoms with Crippen molar-refractivity contribution in [3.8, 4) is 11.5 Å². The second kappa shape index (κ2) is 7.69. The number of aromatic hydroxyl groups is 2. The molecule has 0 unspecified atom stereocenters. The number of hydrogen-bond donors (Lipinski definition) is 2. The van der Waals surface area contributed by atoms with E-state index in [0.29, 0.717) is 0 Å². The third-order valence-corrected chi connectivity index (χ3v) is 4.08. The molecule has 0 saturated carbocycles. The van der Waals surface area contributed by atoms with Crippen molar-refractivity contribution in [2.75, 3.05) is 0 Å². The van der Waals surface area contributed by atoms with Gasteiger partial charge in [0, 0.05) is 0 Å². The molecule has 0 amide bonds. The average molecular weight is 298 g/mol. The van der Waals surface area contributed by atoms with E-state index in [2.05, 4.69) is 0 Å². The minimum Gasteiger partial charge on any atom is -1.00 e. The van der Waals surface area contributed by atoms with Crippen molar-refractivity contribution in [1.29, 1.82) is 0 Å². The van der Waals surface area contributed by atoms with Crippen LogP contribution in [0.2, 0.25) is 0 Å². The van der Waals surface area contributed by atoms with Crippen molar-refractivity contribution in [2.45, 2.75) is 9.79 Å². The van der Waals surface area contributed by atoms with E-state index in [1.807, 2.05) is 0 Å². The van der Waals surface area contributed by atoms with E-state index in [1.54, 1.807) is 0 Å². The van der Waals surface area contributed by atoms with E-state index >= 15 is 0 Å². The third kappa shape index (κ3) is 4.49. The molecule has 0 radical (unpaired) electrons. The Morgan fingerprint density at radius 2 is 0.947 bits per heavy atom. The van der Waals surface area contributed by atoms with E-state index in [-0.39, 0.29) is 83.3 Å². The molecule has 4 nitrogen and oxygen atoms in total. The number of hydrogen-bond acceptors (Lipinski definition) is 4. The molecule has 0 fully saturated rings. The Morgan fingerprint density at radius 1 is 0.684 bits per heavy atom. The average Bonchev–Trinajstić information content (AvgIpc) is 2.30. The van der Waals surface area contributed by atoms with Crippen molar-refractivity contribution < 1.29 is 80.6 Å². The zero-order valence-corrected chi connectivity index (χ0v) is 15.6. The Bertz CT molecular complexity index is 580. The Hall–Kier alpha value is -0.01000. The van der Waals surface area contributed by atoms with Crippen molar-refractivity contribution in [3.63, 3.8) is 0 Å². The molecule has 2 rings (SSSR count). The summed E-state index contributed by atoms with van der Waals surface area (Å²) in [5, 5.41) is 18.2. The number of rotatable bonds is 2. The van der Waals surface area contributed by atoms with Gasteiger partial charge in [-0.2, -0.15) is 0 Å². The molecule has 0 atom stereocenters.